The van der Waals surface area contributed by atoms with Crippen molar-refractivity contribution in [1.82, 2.24) is 4.90 Å². The van der Waals surface area contributed by atoms with E-state index in [9.17, 15) is 4.79 Å². The van der Waals surface area contributed by atoms with Gasteiger partial charge in [0.05, 0.1) is 12.6 Å². The van der Waals surface area contributed by atoms with Crippen molar-refractivity contribution in [3.05, 3.63) is 0 Å². The minimum Gasteiger partial charge on any atom is -0.450 e. The predicted molar refractivity (Wildman–Crippen MR) is 57.4 cm³/mol. The van der Waals surface area contributed by atoms with Crippen molar-refractivity contribution >= 4 is 11.9 Å². The number of likely N-dealkylation sites (tertiary alicyclic amines) is 1. The zero-order valence-electron chi connectivity index (χ0n) is 9.45. The molecule has 0 aromatic carbocycles. The summed E-state index contributed by atoms with van der Waals surface area (Å²) in [6.07, 6.45) is 1.64. The van der Waals surface area contributed by atoms with E-state index in [2.05, 4.69) is 4.99 Å². The average molecular weight is 214 g/mol. The summed E-state index contributed by atoms with van der Waals surface area (Å²) in [5, 5.41) is 0. The van der Waals surface area contributed by atoms with Crippen LogP contribution in [0, 0.1) is 0 Å². The summed E-state index contributed by atoms with van der Waals surface area (Å²) in [5.74, 6) is 0.740. The number of ether oxygens (including phenoxy) is 1. The van der Waals surface area contributed by atoms with Gasteiger partial charge in [0.15, 0.2) is 0 Å². The molecular weight excluding hydrogens is 194 g/mol. The molecule has 1 heterocycles. The Balaban J connectivity index is 2.35. The second-order valence-electron chi connectivity index (χ2n) is 3.79. The normalized spacial score (nSPS) is 19.1. The van der Waals surface area contributed by atoms with Gasteiger partial charge in [0.1, 0.15) is 0 Å². The van der Waals surface area contributed by atoms with Gasteiger partial charge in [-0.3, -0.25) is 10.7 Å². The van der Waals surface area contributed by atoms with Crippen LogP contribution in [0.3, 0.4) is 0 Å². The van der Waals surface area contributed by atoms with Crippen LogP contribution in [-0.2, 0) is 4.74 Å². The molecule has 5 nitrogen and oxygen atoms in total. The van der Waals surface area contributed by atoms with Crippen molar-refractivity contribution in [2.45, 2.75) is 32.7 Å². The highest BCUT2D eigenvalue weighted by Gasteiger charge is 2.24. The minimum atomic E-state index is -0.204. The van der Waals surface area contributed by atoms with E-state index < -0.39 is 0 Å². The van der Waals surface area contributed by atoms with Crippen molar-refractivity contribution in [3.8, 4) is 0 Å². The van der Waals surface area contributed by atoms with Crippen LogP contribution >= 0.6 is 0 Å². The molecule has 0 aromatic rings. The fraction of sp³-hybridized carbons (Fsp3) is 0.800. The van der Waals surface area contributed by atoms with Crippen LogP contribution in [-0.4, -0.2) is 42.6 Å². The van der Waals surface area contributed by atoms with E-state index >= 15 is 0 Å². The lowest BCUT2D eigenvalue weighted by atomic mass is 10.1. The largest absolute Gasteiger partial charge is 0.450 e. The Morgan fingerprint density at radius 2 is 2.13 bits per heavy atom. The van der Waals surface area contributed by atoms with Crippen LogP contribution in [0.15, 0.2) is 0 Å². The summed E-state index contributed by atoms with van der Waals surface area (Å²) in [4.78, 5) is 16.3. The van der Waals surface area contributed by atoms with E-state index in [1.165, 1.54) is 0 Å². The van der Waals surface area contributed by atoms with Gasteiger partial charge >= 0.3 is 6.09 Å². The molecule has 15 heavy (non-hydrogen) atoms. The predicted octanol–water partition coefficient (Wildman–Crippen LogP) is -0.935. The van der Waals surface area contributed by atoms with E-state index in [4.69, 9.17) is 10.5 Å². The first-order valence-electron chi connectivity index (χ1n) is 5.40. The molecule has 1 rings (SSSR count). The Labute approximate surface area is 90.3 Å². The Kier molecular flexibility index (Phi) is 4.39. The Morgan fingerprint density at radius 3 is 2.60 bits per heavy atom. The first kappa shape index (κ1) is 11.8. The van der Waals surface area contributed by atoms with Crippen LogP contribution in [0.4, 0.5) is 4.79 Å². The quantitative estimate of drug-likeness (QED) is 0.461. The highest BCUT2D eigenvalue weighted by atomic mass is 16.6. The maximum atomic E-state index is 11.4. The smallest absolute Gasteiger partial charge is 0.409 e. The van der Waals surface area contributed by atoms with E-state index in [-0.39, 0.29) is 6.09 Å². The Morgan fingerprint density at radius 1 is 1.53 bits per heavy atom. The van der Waals surface area contributed by atoms with Crippen LogP contribution in [0.1, 0.15) is 26.7 Å². The number of piperidine rings is 1. The summed E-state index contributed by atoms with van der Waals surface area (Å²) >= 11 is 0. The summed E-state index contributed by atoms with van der Waals surface area (Å²) < 4.78 is 4.93. The molecule has 0 bridgehead atoms. The fourth-order valence-corrected chi connectivity index (χ4v) is 1.74. The summed E-state index contributed by atoms with van der Waals surface area (Å²) in [5.41, 5.74) is 5.57. The molecule has 1 fully saturated rings. The van der Waals surface area contributed by atoms with Crippen LogP contribution < -0.4 is 10.7 Å². The number of carbonyl (C=O) groups excluding carboxylic acids is 1. The molecule has 1 aliphatic heterocycles. The number of rotatable bonds is 2. The van der Waals surface area contributed by atoms with Gasteiger partial charge in [-0.15, -0.1) is 0 Å². The molecule has 1 amide bonds. The van der Waals surface area contributed by atoms with E-state index in [1.54, 1.807) is 4.90 Å². The molecule has 0 aromatic heterocycles. The van der Waals surface area contributed by atoms with Crippen LogP contribution in [0.2, 0.25) is 0 Å². The highest BCUT2D eigenvalue weighted by molar-refractivity contribution is 5.71. The lowest BCUT2D eigenvalue weighted by Crippen LogP contribution is -2.82. The molecule has 1 aliphatic rings. The molecule has 5 heteroatoms. The van der Waals surface area contributed by atoms with Gasteiger partial charge < -0.3 is 9.64 Å². The van der Waals surface area contributed by atoms with E-state index in [0.717, 1.165) is 31.8 Å². The van der Waals surface area contributed by atoms with Crippen molar-refractivity contribution in [1.29, 1.82) is 0 Å². The second-order valence-corrected chi connectivity index (χ2v) is 3.79. The monoisotopic (exact) mass is 214 g/mol. The standard InChI is InChI=1S/C10H19N3O2/c1-3-15-10(14)13-6-4-9(5-7-13)12-8(2)11/h9H,3-7H2,1-2H3,(H2,11,12)/p+1. The Bertz CT molecular complexity index is 241. The lowest BCUT2D eigenvalue weighted by molar-refractivity contribution is -0.509. The maximum absolute atomic E-state index is 11.4. The molecule has 0 aliphatic carbocycles. The molecular formula is C10H20N3O2+. The third-order valence-electron chi connectivity index (χ3n) is 2.45. The van der Waals surface area contributed by atoms with Gasteiger partial charge in [0.25, 0.3) is 0 Å². The summed E-state index contributed by atoms with van der Waals surface area (Å²) in [7, 11) is 0. The Hall–Kier alpha value is -1.26. The van der Waals surface area contributed by atoms with Gasteiger partial charge in [0.2, 0.25) is 5.84 Å². The lowest BCUT2D eigenvalue weighted by Gasteiger charge is -2.28. The van der Waals surface area contributed by atoms with Crippen molar-refractivity contribution in [3.63, 3.8) is 0 Å². The van der Waals surface area contributed by atoms with E-state index in [1.807, 2.05) is 13.8 Å². The molecule has 1 saturated heterocycles. The summed E-state index contributed by atoms with van der Waals surface area (Å²) in [6.45, 7) is 5.58. The molecule has 0 saturated carbocycles. The second kappa shape index (κ2) is 5.58. The number of nitrogens with zero attached hydrogens (tertiary/aromatic N) is 1. The minimum absolute atomic E-state index is 0.204. The molecule has 3 N–H and O–H groups in total. The number of carbonyl (C=O) groups is 1. The van der Waals surface area contributed by atoms with Crippen molar-refractivity contribution in [2.75, 3.05) is 19.7 Å². The number of amides is 1. The van der Waals surface area contributed by atoms with Gasteiger partial charge in [-0.05, 0) is 6.92 Å². The molecule has 0 unspecified atom stereocenters. The van der Waals surface area contributed by atoms with Gasteiger partial charge in [-0.2, -0.15) is 0 Å². The first-order chi connectivity index (χ1) is 7.13. The highest BCUT2D eigenvalue weighted by Crippen LogP contribution is 2.08. The van der Waals surface area contributed by atoms with Crippen molar-refractivity contribution < 1.29 is 14.5 Å². The molecule has 0 atom stereocenters. The molecule has 0 radical (unpaired) electrons. The van der Waals surface area contributed by atoms with Gasteiger partial charge in [-0.25, -0.2) is 4.79 Å². The summed E-state index contributed by atoms with van der Waals surface area (Å²) in [6, 6.07) is 0.390. The number of hydrogen-bond acceptors (Lipinski definition) is 2. The van der Waals surface area contributed by atoms with Gasteiger partial charge in [0, 0.05) is 32.9 Å². The van der Waals surface area contributed by atoms with Crippen LogP contribution in [0.25, 0.3) is 0 Å². The zero-order chi connectivity index (χ0) is 11.3. The third-order valence-corrected chi connectivity index (χ3v) is 2.45. The topological polar surface area (TPSA) is 69.5 Å². The molecule has 86 valence electrons. The average Bonchev–Trinajstić information content (AvgIpc) is 2.18. The zero-order valence-corrected chi connectivity index (χ0v) is 9.45. The van der Waals surface area contributed by atoms with E-state index in [0.29, 0.717) is 12.6 Å². The SMILES string of the molecule is CCOC(=O)N1CCC([NH+]=C(C)N)CC1. The third kappa shape index (κ3) is 3.77. The first-order valence-corrected chi connectivity index (χ1v) is 5.40. The number of nitrogens with one attached hydrogen (secondary N) is 1. The number of nitrogens with two attached hydrogens (primary N) is 1. The number of amidine groups is 1. The maximum Gasteiger partial charge on any atom is 0.409 e. The number of hydrogen-bond donors (Lipinski definition) is 2. The van der Waals surface area contributed by atoms with Crippen LogP contribution in [0.5, 0.6) is 0 Å². The fourth-order valence-electron chi connectivity index (χ4n) is 1.74. The van der Waals surface area contributed by atoms with Gasteiger partial charge in [-0.1, -0.05) is 0 Å². The van der Waals surface area contributed by atoms with Crippen molar-refractivity contribution in [2.24, 2.45) is 5.73 Å². The molecule has 0 spiro atoms.